The molecule has 4 aliphatic rings. The highest BCUT2D eigenvalue weighted by molar-refractivity contribution is 5.78. The van der Waals surface area contributed by atoms with Crippen LogP contribution in [0, 0.1) is 0 Å². The van der Waals surface area contributed by atoms with Crippen molar-refractivity contribution in [2.45, 2.75) is 181 Å². The Labute approximate surface area is 499 Å². The highest BCUT2D eigenvalue weighted by atomic mass is 16.8. The van der Waals surface area contributed by atoms with Crippen molar-refractivity contribution in [2.75, 3.05) is 106 Å². The highest BCUT2D eigenvalue weighted by Crippen LogP contribution is 2.39. The molecule has 4 amide bonds. The number of aliphatic hydroxyl groups excluding tert-OH is 11. The van der Waals surface area contributed by atoms with Crippen molar-refractivity contribution in [1.82, 2.24) is 21.3 Å². The predicted molar refractivity (Wildman–Crippen MR) is 283 cm³/mol. The van der Waals surface area contributed by atoms with Gasteiger partial charge in [-0.1, -0.05) is 6.42 Å². The Morgan fingerprint density at radius 1 is 0.575 bits per heavy atom. The van der Waals surface area contributed by atoms with E-state index in [4.69, 9.17) is 66.7 Å². The summed E-state index contributed by atoms with van der Waals surface area (Å²) < 4.78 is 73.7. The lowest BCUT2D eigenvalue weighted by molar-refractivity contribution is -0.391. The van der Waals surface area contributed by atoms with E-state index in [1.165, 1.54) is 6.92 Å². The Bertz CT molecular complexity index is 2080. The van der Waals surface area contributed by atoms with Gasteiger partial charge < -0.3 is 149 Å². The van der Waals surface area contributed by atoms with Crippen molar-refractivity contribution < 1.29 is 157 Å². The minimum Gasteiger partial charge on any atom is -0.480 e. The van der Waals surface area contributed by atoms with Crippen LogP contribution in [0.2, 0.25) is 0 Å². The fourth-order valence-electron chi connectivity index (χ4n) is 9.52. The summed E-state index contributed by atoms with van der Waals surface area (Å²) in [5.74, 6) is -8.54. The molecule has 0 aliphatic carbocycles. The zero-order valence-electron chi connectivity index (χ0n) is 48.5. The minimum absolute atomic E-state index is 0.0824. The number of hydrogen-bond donors (Lipinski definition) is 17. The SMILES string of the molecule is CC(=O)N[C@H]1[C@H](OCCCCCC(=O)NCCNC(=O)COCCOCCOCCOCCOCC(=O)O)O[C@H](CO)[C@@H](O[C@@H]2O[C@H](CO)[C@H](O)[C@H](O[C@]3(C(=O)O)C[C@H](O)[C@@H](NC(C)=O)[C@H]([C@H](O)[C@H](O)CO)O3)[C@H]2O)[C@@H]1O[C@@H]1O[C@@H](C)[C@@H](O)[C@@H](O)[C@@H]1O. The Morgan fingerprint density at radius 2 is 1.11 bits per heavy atom. The third kappa shape index (κ3) is 23.6. The molecule has 4 fully saturated rings. The predicted octanol–water partition coefficient (Wildman–Crippen LogP) is -9.24. The molecule has 0 unspecified atom stereocenters. The van der Waals surface area contributed by atoms with Crippen molar-refractivity contribution in [3.63, 3.8) is 0 Å². The first-order valence-electron chi connectivity index (χ1n) is 28.3. The van der Waals surface area contributed by atoms with Gasteiger partial charge in [-0.05, 0) is 19.8 Å². The number of carbonyl (C=O) groups excluding carboxylic acids is 4. The summed E-state index contributed by atoms with van der Waals surface area (Å²) in [6, 6.07) is -3.16. The number of carbonyl (C=O) groups is 6. The molecule has 0 spiro atoms. The molecule has 17 N–H and O–H groups in total. The molecule has 87 heavy (non-hydrogen) atoms. The number of amides is 4. The standard InChI is InChI=1S/C51H88N4O32/c1-25-37(67)40(70)41(71)48(81-25)85-45-36(55-27(3)60)47(80-10-6-4-5-7-32(63)52-8-9-53-33(64)23-78-17-15-76-13-11-75-12-14-77-16-18-79-24-34(65)66)83-31(22-58)43(45)84-49-42(72)46(39(69)30(21-57)82-49)87-51(50(73)74)19-28(61)35(54-26(2)59)44(86-51)38(68)29(62)20-56/h25,28-31,35-49,56-58,61-62,67-72H,4-24H2,1-3H3,(H,52,63)(H,53,64)(H,54,59)(H,55,60)(H,65,66)(H,73,74)/t25-,28-,29+,30+,31+,35+,36+,37+,38+,39-,40+,41-,42+,43+,44+,45+,46-,47+,48-,49-,51-/m0/s1. The molecular formula is C51H88N4O32. The van der Waals surface area contributed by atoms with Crippen LogP contribution in [0.25, 0.3) is 0 Å². The van der Waals surface area contributed by atoms with Gasteiger partial charge in [0.05, 0.1) is 90.9 Å². The fraction of sp³-hybridized carbons (Fsp3) is 0.882. The molecule has 4 heterocycles. The topological polar surface area (TPSA) is 534 Å². The van der Waals surface area contributed by atoms with Crippen molar-refractivity contribution >= 4 is 35.6 Å². The van der Waals surface area contributed by atoms with Crippen LogP contribution in [-0.4, -0.2) is 336 Å². The lowest BCUT2D eigenvalue weighted by atomic mass is 9.88. The number of aliphatic carboxylic acids is 2. The lowest BCUT2D eigenvalue weighted by Gasteiger charge is -2.51. The van der Waals surface area contributed by atoms with Crippen molar-refractivity contribution in [1.29, 1.82) is 0 Å². The largest absolute Gasteiger partial charge is 0.480 e. The van der Waals surface area contributed by atoms with E-state index in [9.17, 15) is 90.0 Å². The number of unbranched alkanes of at least 4 members (excludes halogenated alkanes) is 2. The summed E-state index contributed by atoms with van der Waals surface area (Å²) >= 11 is 0. The normalized spacial score (nSPS) is 33.4. The van der Waals surface area contributed by atoms with E-state index >= 15 is 0 Å². The third-order valence-electron chi connectivity index (χ3n) is 14.0. The molecule has 0 aromatic carbocycles. The fourth-order valence-corrected chi connectivity index (χ4v) is 9.52. The van der Waals surface area contributed by atoms with Crippen LogP contribution in [-0.2, 0) is 90.3 Å². The zero-order valence-corrected chi connectivity index (χ0v) is 48.5. The first kappa shape index (κ1) is 75.3. The Balaban J connectivity index is 1.35. The molecule has 0 bridgehead atoms. The number of nitrogens with one attached hydrogen (secondary N) is 4. The smallest absolute Gasteiger partial charge is 0.364 e. The Morgan fingerprint density at radius 3 is 1.68 bits per heavy atom. The molecule has 0 saturated carbocycles. The molecule has 4 saturated heterocycles. The molecule has 4 aliphatic heterocycles. The molecule has 0 aromatic rings. The average molecular weight is 1270 g/mol. The number of carboxylic acid groups (broad SMARTS) is 2. The van der Waals surface area contributed by atoms with E-state index in [0.717, 1.165) is 13.8 Å². The molecule has 36 nitrogen and oxygen atoms in total. The van der Waals surface area contributed by atoms with Gasteiger partial charge in [0.25, 0.3) is 5.79 Å². The zero-order chi connectivity index (χ0) is 64.4. The third-order valence-corrected chi connectivity index (χ3v) is 14.0. The van der Waals surface area contributed by atoms with Crippen LogP contribution in [0.4, 0.5) is 0 Å². The monoisotopic (exact) mass is 1270 g/mol. The summed E-state index contributed by atoms with van der Waals surface area (Å²) in [4.78, 5) is 73.3. The second kappa shape index (κ2) is 38.5. The molecule has 36 heteroatoms. The molecular weight excluding hydrogens is 1180 g/mol. The van der Waals surface area contributed by atoms with Gasteiger partial charge in [-0.2, -0.15) is 0 Å². The van der Waals surface area contributed by atoms with Gasteiger partial charge in [0, 0.05) is 46.4 Å². The van der Waals surface area contributed by atoms with Gasteiger partial charge in [-0.3, -0.25) is 19.2 Å². The van der Waals surface area contributed by atoms with E-state index < -0.39 is 191 Å². The van der Waals surface area contributed by atoms with E-state index in [-0.39, 0.29) is 78.1 Å². The molecule has 504 valence electrons. The van der Waals surface area contributed by atoms with E-state index in [0.29, 0.717) is 32.7 Å². The molecule has 4 rings (SSSR count). The number of hydrogen-bond acceptors (Lipinski definition) is 30. The maximum absolute atomic E-state index is 13.1. The van der Waals surface area contributed by atoms with Gasteiger partial charge in [0.1, 0.15) is 98.6 Å². The number of aliphatic hydroxyl groups is 11. The molecule has 0 radical (unpaired) electrons. The lowest BCUT2D eigenvalue weighted by Crippen LogP contribution is -2.71. The van der Waals surface area contributed by atoms with Gasteiger partial charge in [0.15, 0.2) is 18.9 Å². The van der Waals surface area contributed by atoms with Crippen molar-refractivity contribution in [3.05, 3.63) is 0 Å². The van der Waals surface area contributed by atoms with Gasteiger partial charge >= 0.3 is 11.9 Å². The summed E-state index contributed by atoms with van der Waals surface area (Å²) in [6.45, 7) is 1.67. The van der Waals surface area contributed by atoms with Gasteiger partial charge in [-0.15, -0.1) is 0 Å². The Hall–Kier alpha value is -4.14. The van der Waals surface area contributed by atoms with Crippen molar-refractivity contribution in [3.8, 4) is 0 Å². The summed E-state index contributed by atoms with van der Waals surface area (Å²) in [5, 5.41) is 148. The van der Waals surface area contributed by atoms with E-state index in [1.807, 2.05) is 0 Å². The average Bonchev–Trinajstić information content (AvgIpc) is 2.72. The van der Waals surface area contributed by atoms with Crippen LogP contribution < -0.4 is 21.3 Å². The first-order chi connectivity index (χ1) is 41.4. The molecule has 0 aromatic heterocycles. The van der Waals surface area contributed by atoms with Crippen LogP contribution in [0.5, 0.6) is 0 Å². The van der Waals surface area contributed by atoms with Crippen LogP contribution >= 0.6 is 0 Å². The Kier molecular flexibility index (Phi) is 33.4. The number of carboxylic acids is 2. The number of rotatable bonds is 40. The van der Waals surface area contributed by atoms with Crippen LogP contribution in [0.3, 0.4) is 0 Å². The van der Waals surface area contributed by atoms with Crippen LogP contribution in [0.1, 0.15) is 52.9 Å². The molecule has 21 atom stereocenters. The highest BCUT2D eigenvalue weighted by Gasteiger charge is 2.61. The summed E-state index contributed by atoms with van der Waals surface area (Å²) in [6.07, 6.45) is -34.3. The van der Waals surface area contributed by atoms with Crippen molar-refractivity contribution in [2.24, 2.45) is 0 Å². The minimum atomic E-state index is -3.17. The maximum Gasteiger partial charge on any atom is 0.364 e. The van der Waals surface area contributed by atoms with E-state index in [2.05, 4.69) is 21.3 Å². The quantitative estimate of drug-likeness (QED) is 0.0253. The summed E-state index contributed by atoms with van der Waals surface area (Å²) in [5.41, 5.74) is 0. The first-order valence-corrected chi connectivity index (χ1v) is 28.3. The second-order valence-corrected chi connectivity index (χ2v) is 20.7. The van der Waals surface area contributed by atoms with E-state index in [1.54, 1.807) is 0 Å². The summed E-state index contributed by atoms with van der Waals surface area (Å²) in [7, 11) is 0. The second-order valence-electron chi connectivity index (χ2n) is 20.7. The van der Waals surface area contributed by atoms with Crippen LogP contribution in [0.15, 0.2) is 0 Å². The van der Waals surface area contributed by atoms with Gasteiger partial charge in [-0.25, -0.2) is 9.59 Å². The van der Waals surface area contributed by atoms with Gasteiger partial charge in [0.2, 0.25) is 23.6 Å². The number of ether oxygens (including phenoxy) is 13. The maximum atomic E-state index is 13.1.